The van der Waals surface area contributed by atoms with Crippen LogP contribution >= 0.6 is 11.3 Å². The van der Waals surface area contributed by atoms with Crippen LogP contribution in [0.25, 0.3) is 11.8 Å². The van der Waals surface area contributed by atoms with Gasteiger partial charge >= 0.3 is 5.97 Å². The van der Waals surface area contributed by atoms with Gasteiger partial charge in [0.05, 0.1) is 36.5 Å². The maximum atomic E-state index is 14.0. The van der Waals surface area contributed by atoms with Crippen molar-refractivity contribution in [3.05, 3.63) is 108 Å². The molecule has 4 aromatic rings. The lowest BCUT2D eigenvalue weighted by Crippen LogP contribution is -2.39. The maximum absolute atomic E-state index is 14.0. The Balaban J connectivity index is 1.67. The molecule has 0 fully saturated rings. The number of aryl methyl sites for hydroxylation is 2. The molecular weight excluding hydrogens is 538 g/mol. The van der Waals surface area contributed by atoms with Gasteiger partial charge in [0.2, 0.25) is 0 Å². The fourth-order valence-corrected chi connectivity index (χ4v) is 6.21. The summed E-state index contributed by atoms with van der Waals surface area (Å²) in [5.41, 5.74) is 6.02. The van der Waals surface area contributed by atoms with E-state index < -0.39 is 12.0 Å². The van der Waals surface area contributed by atoms with E-state index in [1.54, 1.807) is 10.6 Å². The van der Waals surface area contributed by atoms with Gasteiger partial charge < -0.3 is 18.8 Å². The number of hydrogen-bond donors (Lipinski definition) is 0. The Kier molecular flexibility index (Phi) is 7.99. The molecule has 0 amide bonds. The molecule has 9 heteroatoms. The molecule has 1 atom stereocenters. The first kappa shape index (κ1) is 28.2. The van der Waals surface area contributed by atoms with E-state index in [0.717, 1.165) is 28.2 Å². The largest absolute Gasteiger partial charge is 0.490 e. The van der Waals surface area contributed by atoms with Crippen LogP contribution < -0.4 is 24.4 Å². The first-order chi connectivity index (χ1) is 19.8. The molecular formula is C32H33N3O5S. The zero-order valence-corrected chi connectivity index (χ0v) is 24.9. The third-order valence-electron chi connectivity index (χ3n) is 7.12. The number of hydrogen-bond acceptors (Lipinski definition) is 7. The average Bonchev–Trinajstić information content (AvgIpc) is 3.43. The van der Waals surface area contributed by atoms with Gasteiger partial charge in [-0.05, 0) is 81.7 Å². The van der Waals surface area contributed by atoms with E-state index in [2.05, 4.69) is 48.5 Å². The molecule has 1 aliphatic heterocycles. The highest BCUT2D eigenvalue weighted by molar-refractivity contribution is 7.07. The predicted octanol–water partition coefficient (Wildman–Crippen LogP) is 4.53. The van der Waals surface area contributed by atoms with Gasteiger partial charge in [-0.2, -0.15) is 0 Å². The zero-order valence-electron chi connectivity index (χ0n) is 24.1. The van der Waals surface area contributed by atoms with Crippen molar-refractivity contribution in [3.63, 3.8) is 0 Å². The van der Waals surface area contributed by atoms with Crippen LogP contribution in [0.5, 0.6) is 11.5 Å². The molecule has 3 heterocycles. The Morgan fingerprint density at radius 3 is 2.46 bits per heavy atom. The molecule has 0 radical (unpaired) electrons. The van der Waals surface area contributed by atoms with Crippen molar-refractivity contribution < 1.29 is 19.0 Å². The first-order valence-electron chi connectivity index (χ1n) is 13.5. The van der Waals surface area contributed by atoms with Gasteiger partial charge in [0.15, 0.2) is 16.3 Å². The van der Waals surface area contributed by atoms with Gasteiger partial charge in [0, 0.05) is 23.3 Å². The molecule has 8 nitrogen and oxygen atoms in total. The summed E-state index contributed by atoms with van der Waals surface area (Å²) >= 11 is 1.29. The van der Waals surface area contributed by atoms with Gasteiger partial charge in [-0.15, -0.1) is 0 Å². The second-order valence-electron chi connectivity index (χ2n) is 9.70. The highest BCUT2D eigenvalue weighted by Gasteiger charge is 2.31. The van der Waals surface area contributed by atoms with Crippen molar-refractivity contribution in [2.45, 2.75) is 40.7 Å². The summed E-state index contributed by atoms with van der Waals surface area (Å²) < 4.78 is 20.9. The Morgan fingerprint density at radius 2 is 1.76 bits per heavy atom. The summed E-state index contributed by atoms with van der Waals surface area (Å²) in [6.45, 7) is 10.9. The quantitative estimate of drug-likeness (QED) is 0.290. The predicted molar refractivity (Wildman–Crippen MR) is 160 cm³/mol. The van der Waals surface area contributed by atoms with Gasteiger partial charge in [-0.1, -0.05) is 35.6 Å². The number of benzene rings is 2. The molecule has 0 spiro atoms. The summed E-state index contributed by atoms with van der Waals surface area (Å²) in [7, 11) is 1.32. The number of rotatable bonds is 8. The molecule has 5 rings (SSSR count). The minimum Gasteiger partial charge on any atom is -0.490 e. The molecule has 212 valence electrons. The first-order valence-corrected chi connectivity index (χ1v) is 14.3. The lowest BCUT2D eigenvalue weighted by Gasteiger charge is -2.23. The fraction of sp³-hybridized carbons (Fsp3) is 0.281. The number of methoxy groups -OCH3 is 1. The summed E-state index contributed by atoms with van der Waals surface area (Å²) in [6, 6.07) is 15.0. The Bertz CT molecular complexity index is 1840. The number of para-hydroxylation sites is 1. The number of carbonyl (C=O) groups excluding carboxylic acids is 1. The van der Waals surface area contributed by atoms with E-state index in [1.807, 2.05) is 44.2 Å². The monoisotopic (exact) mass is 571 g/mol. The van der Waals surface area contributed by atoms with Gasteiger partial charge in [-0.3, -0.25) is 9.36 Å². The highest BCUT2D eigenvalue weighted by Crippen LogP contribution is 2.35. The minimum absolute atomic E-state index is 0.235. The summed E-state index contributed by atoms with van der Waals surface area (Å²) in [6.07, 6.45) is 3.40. The van der Waals surface area contributed by atoms with Crippen molar-refractivity contribution in [2.75, 3.05) is 20.3 Å². The number of aromatic nitrogens is 2. The Hall–Kier alpha value is -4.37. The zero-order chi connectivity index (χ0) is 29.3. The summed E-state index contributed by atoms with van der Waals surface area (Å²) in [4.78, 5) is 31.9. The Morgan fingerprint density at radius 1 is 1.02 bits per heavy atom. The van der Waals surface area contributed by atoms with Crippen LogP contribution in [0.1, 0.15) is 48.0 Å². The molecule has 0 saturated carbocycles. The maximum Gasteiger partial charge on any atom is 0.337 e. The molecule has 0 saturated heterocycles. The van der Waals surface area contributed by atoms with Crippen LogP contribution in [-0.4, -0.2) is 35.4 Å². The van der Waals surface area contributed by atoms with Gasteiger partial charge in [-0.25, -0.2) is 9.79 Å². The molecule has 0 unspecified atom stereocenters. The number of carbonyl (C=O) groups is 1. The third-order valence-corrected chi connectivity index (χ3v) is 8.12. The highest BCUT2D eigenvalue weighted by atomic mass is 32.1. The molecule has 1 aliphatic rings. The van der Waals surface area contributed by atoms with Crippen molar-refractivity contribution >= 4 is 23.4 Å². The van der Waals surface area contributed by atoms with Crippen molar-refractivity contribution in [2.24, 2.45) is 4.99 Å². The molecule has 0 N–H and O–H groups in total. The van der Waals surface area contributed by atoms with E-state index in [1.165, 1.54) is 24.6 Å². The van der Waals surface area contributed by atoms with Crippen LogP contribution in [0.4, 0.5) is 0 Å². The van der Waals surface area contributed by atoms with E-state index in [4.69, 9.17) is 14.2 Å². The summed E-state index contributed by atoms with van der Waals surface area (Å²) in [5, 5.41) is 0. The SMILES string of the molecule is CCOc1ccc([C@@H]2C(C(=O)OC)=CN=c3s/c(=C\c4cc(C)n(-c5ccccc5C)c4C)c(=O)n32)cc1OCC. The van der Waals surface area contributed by atoms with E-state index >= 15 is 0 Å². The van der Waals surface area contributed by atoms with Crippen LogP contribution in [0.15, 0.2) is 70.1 Å². The van der Waals surface area contributed by atoms with Gasteiger partial charge in [0.25, 0.3) is 5.56 Å². The van der Waals surface area contributed by atoms with E-state index in [-0.39, 0.29) is 11.1 Å². The number of esters is 1. The fourth-order valence-electron chi connectivity index (χ4n) is 5.25. The van der Waals surface area contributed by atoms with Crippen LogP contribution in [0.2, 0.25) is 0 Å². The molecule has 0 aliphatic carbocycles. The normalized spacial score (nSPS) is 14.7. The standard InChI is InChI=1S/C32H33N3O5S/c1-7-39-26-14-13-22(16-27(26)40-8-2)29-24(31(37)38-6)18-33-32-35(29)30(36)28(41-32)17-23-15-20(4)34(21(23)5)25-12-10-9-11-19(25)3/h9-18,29H,7-8H2,1-6H3/b28-17-/t29-/m1/s1. The van der Waals surface area contributed by atoms with Crippen LogP contribution in [0, 0.1) is 20.8 Å². The molecule has 2 aromatic carbocycles. The van der Waals surface area contributed by atoms with Gasteiger partial charge in [0.1, 0.15) is 0 Å². The lowest BCUT2D eigenvalue weighted by atomic mass is 9.97. The molecule has 2 aromatic heterocycles. The average molecular weight is 572 g/mol. The van der Waals surface area contributed by atoms with Crippen molar-refractivity contribution in [3.8, 4) is 17.2 Å². The lowest BCUT2D eigenvalue weighted by molar-refractivity contribution is -0.136. The number of fused-ring (bicyclic) bond motifs is 1. The minimum atomic E-state index is -0.741. The van der Waals surface area contributed by atoms with Crippen molar-refractivity contribution in [1.29, 1.82) is 0 Å². The Labute approximate surface area is 242 Å². The van der Waals surface area contributed by atoms with E-state index in [9.17, 15) is 9.59 Å². The van der Waals surface area contributed by atoms with E-state index in [0.29, 0.717) is 39.6 Å². The number of ether oxygens (including phenoxy) is 3. The topological polar surface area (TPSA) is 84.0 Å². The molecule has 0 bridgehead atoms. The van der Waals surface area contributed by atoms with Crippen LogP contribution in [0.3, 0.4) is 0 Å². The van der Waals surface area contributed by atoms with Crippen molar-refractivity contribution in [1.82, 2.24) is 9.13 Å². The third kappa shape index (κ3) is 5.13. The van der Waals surface area contributed by atoms with Crippen LogP contribution in [-0.2, 0) is 9.53 Å². The second kappa shape index (κ2) is 11.6. The second-order valence-corrected chi connectivity index (χ2v) is 10.7. The smallest absolute Gasteiger partial charge is 0.337 e. The number of thiazole rings is 1. The number of nitrogens with zero attached hydrogens (tertiary/aromatic N) is 3. The summed E-state index contributed by atoms with van der Waals surface area (Å²) in [5.74, 6) is 0.582. The molecule has 41 heavy (non-hydrogen) atoms.